The van der Waals surface area contributed by atoms with Gasteiger partial charge in [-0.1, -0.05) is 95.2 Å². The van der Waals surface area contributed by atoms with E-state index in [0.29, 0.717) is 0 Å². The van der Waals surface area contributed by atoms with E-state index < -0.39 is 0 Å². The lowest BCUT2D eigenvalue weighted by Gasteiger charge is -1.97. The molecule has 0 nitrogen and oxygen atoms in total. The molecule has 0 aromatic rings. The highest BCUT2D eigenvalue weighted by Gasteiger charge is 1.87. The van der Waals surface area contributed by atoms with Crippen molar-refractivity contribution in [2.45, 2.75) is 97.3 Å². The summed E-state index contributed by atoms with van der Waals surface area (Å²) in [6.07, 6.45) is 31.0. The third-order valence-corrected chi connectivity index (χ3v) is 3.74. The second-order valence-electron chi connectivity index (χ2n) is 5.94. The molecule has 0 heterocycles. The summed E-state index contributed by atoms with van der Waals surface area (Å²) in [5.74, 6) is 0. The zero-order chi connectivity index (χ0) is 15.4. The van der Waals surface area contributed by atoms with E-state index >= 15 is 0 Å². The van der Waals surface area contributed by atoms with Gasteiger partial charge in [-0.25, -0.2) is 0 Å². The van der Waals surface area contributed by atoms with Crippen molar-refractivity contribution in [2.75, 3.05) is 0 Å². The summed E-state index contributed by atoms with van der Waals surface area (Å²) >= 11 is 0. The Morgan fingerprint density at radius 3 is 1.38 bits per heavy atom. The zero-order valence-corrected chi connectivity index (χ0v) is 14.7. The molecule has 0 radical (unpaired) electrons. The normalized spacial score (nSPS) is 12.3. The lowest BCUT2D eigenvalue weighted by molar-refractivity contribution is 0.611. The Morgan fingerprint density at radius 2 is 0.810 bits per heavy atom. The summed E-state index contributed by atoms with van der Waals surface area (Å²) in [4.78, 5) is 0. The van der Waals surface area contributed by atoms with Crippen LogP contribution in [0.5, 0.6) is 0 Å². The Labute approximate surface area is 134 Å². The highest BCUT2D eigenvalue weighted by molar-refractivity contribution is 4.97. The second-order valence-corrected chi connectivity index (χ2v) is 5.94. The predicted octanol–water partition coefficient (Wildman–Crippen LogP) is 7.77. The SMILES string of the molecule is CCCCCC=CCC=CCC=CCCCCCCCC. The molecule has 0 amide bonds. The average Bonchev–Trinajstić information content (AvgIpc) is 2.50. The number of hydrogen-bond donors (Lipinski definition) is 0. The summed E-state index contributed by atoms with van der Waals surface area (Å²) < 4.78 is 0. The standard InChI is InChI=1S/C21H38/c1-3-5-7-9-11-13-15-17-19-21-20-18-16-14-12-10-8-6-4-2/h11,13,17-20H,3-10,12,14-16,21H2,1-2H3. The van der Waals surface area contributed by atoms with Gasteiger partial charge in [0.25, 0.3) is 0 Å². The van der Waals surface area contributed by atoms with Gasteiger partial charge in [-0.2, -0.15) is 0 Å². The molecule has 21 heavy (non-hydrogen) atoms. The molecular weight excluding hydrogens is 252 g/mol. The zero-order valence-electron chi connectivity index (χ0n) is 14.7. The number of unbranched alkanes of at least 4 members (excludes halogenated alkanes) is 9. The van der Waals surface area contributed by atoms with Gasteiger partial charge < -0.3 is 0 Å². The van der Waals surface area contributed by atoms with Crippen molar-refractivity contribution in [1.82, 2.24) is 0 Å². The van der Waals surface area contributed by atoms with Gasteiger partial charge >= 0.3 is 0 Å². The van der Waals surface area contributed by atoms with Crippen molar-refractivity contribution >= 4 is 0 Å². The van der Waals surface area contributed by atoms with Crippen LogP contribution < -0.4 is 0 Å². The Morgan fingerprint density at radius 1 is 0.429 bits per heavy atom. The fourth-order valence-corrected chi connectivity index (χ4v) is 2.33. The molecule has 0 heteroatoms. The molecule has 0 saturated heterocycles. The maximum absolute atomic E-state index is 2.35. The summed E-state index contributed by atoms with van der Waals surface area (Å²) in [5.41, 5.74) is 0. The fourth-order valence-electron chi connectivity index (χ4n) is 2.33. The third kappa shape index (κ3) is 19.2. The third-order valence-electron chi connectivity index (χ3n) is 3.74. The molecular formula is C21H38. The van der Waals surface area contributed by atoms with Crippen LogP contribution in [0.1, 0.15) is 97.3 Å². The smallest absolute Gasteiger partial charge is 0.0169 e. The van der Waals surface area contributed by atoms with Gasteiger partial charge in [0.15, 0.2) is 0 Å². The molecule has 0 unspecified atom stereocenters. The van der Waals surface area contributed by atoms with E-state index in [2.05, 4.69) is 50.3 Å². The minimum Gasteiger partial charge on any atom is -0.0882 e. The van der Waals surface area contributed by atoms with Gasteiger partial charge in [0, 0.05) is 0 Å². The molecule has 0 spiro atoms. The molecule has 0 aliphatic heterocycles. The molecule has 0 aliphatic carbocycles. The predicted molar refractivity (Wildman–Crippen MR) is 98.8 cm³/mol. The molecule has 0 aliphatic rings. The number of allylic oxidation sites excluding steroid dienone is 6. The van der Waals surface area contributed by atoms with Crippen molar-refractivity contribution < 1.29 is 0 Å². The van der Waals surface area contributed by atoms with Gasteiger partial charge in [-0.15, -0.1) is 0 Å². The minimum absolute atomic E-state index is 1.09. The number of rotatable bonds is 15. The van der Waals surface area contributed by atoms with Gasteiger partial charge in [-0.05, 0) is 38.5 Å². The summed E-state index contributed by atoms with van der Waals surface area (Å²) in [6, 6.07) is 0. The molecule has 0 atom stereocenters. The van der Waals surface area contributed by atoms with Crippen molar-refractivity contribution in [3.05, 3.63) is 36.5 Å². The van der Waals surface area contributed by atoms with Gasteiger partial charge in [0.1, 0.15) is 0 Å². The Balaban J connectivity index is 3.24. The lowest BCUT2D eigenvalue weighted by atomic mass is 10.1. The van der Waals surface area contributed by atoms with Crippen LogP contribution in [0.15, 0.2) is 36.5 Å². The van der Waals surface area contributed by atoms with Crippen molar-refractivity contribution in [3.63, 3.8) is 0 Å². The first kappa shape index (κ1) is 20.2. The Kier molecular flexibility index (Phi) is 18.5. The van der Waals surface area contributed by atoms with Crippen molar-refractivity contribution in [3.8, 4) is 0 Å². The van der Waals surface area contributed by atoms with Crippen LogP contribution in [-0.2, 0) is 0 Å². The molecule has 0 rings (SSSR count). The summed E-state index contributed by atoms with van der Waals surface area (Å²) in [5, 5.41) is 0. The van der Waals surface area contributed by atoms with Crippen LogP contribution in [0.25, 0.3) is 0 Å². The van der Waals surface area contributed by atoms with Gasteiger partial charge in [0.2, 0.25) is 0 Å². The molecule has 0 saturated carbocycles. The lowest BCUT2D eigenvalue weighted by Crippen LogP contribution is -1.77. The first-order valence-corrected chi connectivity index (χ1v) is 9.36. The van der Waals surface area contributed by atoms with Gasteiger partial charge in [0.05, 0.1) is 0 Å². The van der Waals surface area contributed by atoms with Crippen LogP contribution >= 0.6 is 0 Å². The van der Waals surface area contributed by atoms with E-state index in [4.69, 9.17) is 0 Å². The van der Waals surface area contributed by atoms with Crippen LogP contribution in [0.2, 0.25) is 0 Å². The highest BCUT2D eigenvalue weighted by Crippen LogP contribution is 2.07. The quantitative estimate of drug-likeness (QED) is 0.213. The fraction of sp³-hybridized carbons (Fsp3) is 0.714. The van der Waals surface area contributed by atoms with Crippen LogP contribution in [-0.4, -0.2) is 0 Å². The van der Waals surface area contributed by atoms with Crippen molar-refractivity contribution in [1.29, 1.82) is 0 Å². The molecule has 0 bridgehead atoms. The Bertz CT molecular complexity index is 257. The van der Waals surface area contributed by atoms with E-state index in [9.17, 15) is 0 Å². The molecule has 0 N–H and O–H groups in total. The van der Waals surface area contributed by atoms with E-state index in [1.165, 1.54) is 70.6 Å². The number of hydrogen-bond acceptors (Lipinski definition) is 0. The molecule has 0 aromatic heterocycles. The average molecular weight is 291 g/mol. The topological polar surface area (TPSA) is 0 Å². The van der Waals surface area contributed by atoms with E-state index in [0.717, 1.165) is 12.8 Å². The summed E-state index contributed by atoms with van der Waals surface area (Å²) in [7, 11) is 0. The van der Waals surface area contributed by atoms with Gasteiger partial charge in [-0.3, -0.25) is 0 Å². The largest absolute Gasteiger partial charge is 0.0882 e. The van der Waals surface area contributed by atoms with Crippen LogP contribution in [0.4, 0.5) is 0 Å². The summed E-state index contributed by atoms with van der Waals surface area (Å²) in [6.45, 7) is 4.53. The highest BCUT2D eigenvalue weighted by atomic mass is 13.9. The first-order chi connectivity index (χ1) is 10.4. The molecule has 122 valence electrons. The monoisotopic (exact) mass is 290 g/mol. The van der Waals surface area contributed by atoms with E-state index in [1.54, 1.807) is 0 Å². The van der Waals surface area contributed by atoms with Crippen LogP contribution in [0, 0.1) is 0 Å². The Hall–Kier alpha value is -0.780. The second kappa shape index (κ2) is 19.2. The molecule has 0 aromatic carbocycles. The first-order valence-electron chi connectivity index (χ1n) is 9.36. The van der Waals surface area contributed by atoms with E-state index in [1.807, 2.05) is 0 Å². The van der Waals surface area contributed by atoms with Crippen molar-refractivity contribution in [2.24, 2.45) is 0 Å². The van der Waals surface area contributed by atoms with Crippen LogP contribution in [0.3, 0.4) is 0 Å². The minimum atomic E-state index is 1.09. The van der Waals surface area contributed by atoms with E-state index in [-0.39, 0.29) is 0 Å². The maximum Gasteiger partial charge on any atom is -0.0169 e. The maximum atomic E-state index is 2.35. The molecule has 0 fully saturated rings.